The number of carbonyl (C=O) groups is 1. The molecule has 1 aliphatic heterocycles. The largest absolute Gasteiger partial charge is 0.491 e. The number of fused-ring (bicyclic) bond motifs is 1. The minimum Gasteiger partial charge on any atom is -0.491 e. The summed E-state index contributed by atoms with van der Waals surface area (Å²) in [6.07, 6.45) is 10.7. The van der Waals surface area contributed by atoms with E-state index < -0.39 is 0 Å². The first-order chi connectivity index (χ1) is 20.0. The monoisotopic (exact) mass is 574 g/mol. The van der Waals surface area contributed by atoms with Gasteiger partial charge in [0.25, 0.3) is 0 Å². The number of nitrogens with zero attached hydrogens (tertiary/aromatic N) is 1. The normalized spacial score (nSPS) is 17.1. The first-order valence-corrected chi connectivity index (χ1v) is 14.5. The number of hydrogen-bond donors (Lipinski definition) is 1. The molecule has 2 aromatic carbocycles. The van der Waals surface area contributed by atoms with Crippen molar-refractivity contribution in [3.8, 4) is 11.6 Å². The summed E-state index contributed by atoms with van der Waals surface area (Å²) >= 11 is 6.21. The number of rotatable bonds is 11. The SMILES string of the molecule is CC(C)Oc1ccc(Nc2nc(OCCOC3CCCCO3)c3ccccc3c2C(=O)C2=CCC=C(Cl)C=C2)cc1. The summed E-state index contributed by atoms with van der Waals surface area (Å²) in [4.78, 5) is 18.9. The molecule has 0 bridgehead atoms. The van der Waals surface area contributed by atoms with E-state index in [4.69, 9.17) is 35.5 Å². The fourth-order valence-corrected chi connectivity index (χ4v) is 4.92. The molecule has 1 N–H and O–H groups in total. The highest BCUT2D eigenvalue weighted by atomic mass is 35.5. The lowest BCUT2D eigenvalue weighted by molar-refractivity contribution is -0.165. The average molecular weight is 575 g/mol. The third-order valence-electron chi connectivity index (χ3n) is 6.69. The van der Waals surface area contributed by atoms with Gasteiger partial charge < -0.3 is 24.3 Å². The summed E-state index contributed by atoms with van der Waals surface area (Å²) in [5.74, 6) is 1.42. The van der Waals surface area contributed by atoms with Crippen LogP contribution in [0.3, 0.4) is 0 Å². The number of hydrogen-bond acceptors (Lipinski definition) is 7. The summed E-state index contributed by atoms with van der Waals surface area (Å²) in [5, 5.41) is 5.44. The van der Waals surface area contributed by atoms with Gasteiger partial charge in [0, 0.05) is 33.7 Å². The number of Topliss-reactive ketones (excluding diaryl/α,β-unsaturated/α-hetero) is 1. The molecule has 0 spiro atoms. The maximum Gasteiger partial charge on any atom is 0.223 e. The second-order valence-electron chi connectivity index (χ2n) is 10.2. The molecule has 2 aliphatic rings. The predicted octanol–water partition coefficient (Wildman–Crippen LogP) is 7.88. The molecule has 0 saturated carbocycles. The van der Waals surface area contributed by atoms with Crippen LogP contribution in [0.5, 0.6) is 11.6 Å². The molecule has 1 atom stereocenters. The number of nitrogens with one attached hydrogen (secondary N) is 1. The van der Waals surface area contributed by atoms with Crippen molar-refractivity contribution in [1.82, 2.24) is 4.98 Å². The summed E-state index contributed by atoms with van der Waals surface area (Å²) in [5.41, 5.74) is 1.76. The number of pyridine rings is 1. The quantitative estimate of drug-likeness (QED) is 0.184. The van der Waals surface area contributed by atoms with Crippen LogP contribution in [0.1, 0.15) is 49.9 Å². The van der Waals surface area contributed by atoms with E-state index in [0.717, 1.165) is 48.1 Å². The van der Waals surface area contributed by atoms with Gasteiger partial charge in [-0.05, 0) is 82.0 Å². The highest BCUT2D eigenvalue weighted by Gasteiger charge is 2.23. The summed E-state index contributed by atoms with van der Waals surface area (Å²) in [7, 11) is 0. The smallest absolute Gasteiger partial charge is 0.223 e. The van der Waals surface area contributed by atoms with E-state index in [1.807, 2.05) is 74.5 Å². The summed E-state index contributed by atoms with van der Waals surface area (Å²) < 4.78 is 23.4. The lowest BCUT2D eigenvalue weighted by Gasteiger charge is -2.22. The van der Waals surface area contributed by atoms with Gasteiger partial charge in [-0.2, -0.15) is 4.98 Å². The molecular formula is C33H35ClN2O5. The topological polar surface area (TPSA) is 78.9 Å². The Morgan fingerprint density at radius 3 is 2.61 bits per heavy atom. The number of halogens is 1. The summed E-state index contributed by atoms with van der Waals surface area (Å²) in [6, 6.07) is 15.2. The minimum absolute atomic E-state index is 0.0671. The molecule has 41 heavy (non-hydrogen) atoms. The Morgan fingerprint density at radius 2 is 1.85 bits per heavy atom. The van der Waals surface area contributed by atoms with Crippen molar-refractivity contribution < 1.29 is 23.7 Å². The van der Waals surface area contributed by atoms with E-state index >= 15 is 0 Å². The Kier molecular flexibility index (Phi) is 9.72. The van der Waals surface area contributed by atoms with E-state index in [-0.39, 0.29) is 18.2 Å². The van der Waals surface area contributed by atoms with Crippen molar-refractivity contribution >= 4 is 39.7 Å². The van der Waals surface area contributed by atoms with Gasteiger partial charge in [-0.15, -0.1) is 0 Å². The molecule has 5 rings (SSSR count). The molecule has 0 radical (unpaired) electrons. The van der Waals surface area contributed by atoms with Gasteiger partial charge in [0.15, 0.2) is 12.1 Å². The lowest BCUT2D eigenvalue weighted by Crippen LogP contribution is -2.24. The minimum atomic E-state index is -0.194. The number of aromatic nitrogens is 1. The Labute approximate surface area is 245 Å². The van der Waals surface area contributed by atoms with Crippen molar-refractivity contribution in [2.45, 2.75) is 51.9 Å². The average Bonchev–Trinajstić information content (AvgIpc) is 3.20. The zero-order valence-electron chi connectivity index (χ0n) is 23.4. The molecule has 1 unspecified atom stereocenters. The lowest BCUT2D eigenvalue weighted by atomic mass is 9.97. The van der Waals surface area contributed by atoms with Crippen LogP contribution >= 0.6 is 11.6 Å². The Hall–Kier alpha value is -3.65. The number of ether oxygens (including phenoxy) is 4. The van der Waals surface area contributed by atoms with Gasteiger partial charge in [-0.3, -0.25) is 4.79 Å². The third-order valence-corrected chi connectivity index (χ3v) is 6.97. The maximum atomic E-state index is 14.0. The fraction of sp³-hybridized carbons (Fsp3) is 0.333. The van der Waals surface area contributed by atoms with Gasteiger partial charge in [0.05, 0.1) is 18.3 Å². The second kappa shape index (κ2) is 13.8. The predicted molar refractivity (Wildman–Crippen MR) is 162 cm³/mol. The number of anilines is 2. The summed E-state index contributed by atoms with van der Waals surface area (Å²) in [6.45, 7) is 5.35. The zero-order valence-corrected chi connectivity index (χ0v) is 24.2. The van der Waals surface area contributed by atoms with E-state index in [1.54, 1.807) is 12.2 Å². The highest BCUT2D eigenvalue weighted by molar-refractivity contribution is 6.31. The van der Waals surface area contributed by atoms with Crippen LogP contribution in [0.4, 0.5) is 11.5 Å². The first-order valence-electron chi connectivity index (χ1n) is 14.1. The van der Waals surface area contributed by atoms with Crippen molar-refractivity contribution in [3.63, 3.8) is 0 Å². The molecule has 1 aromatic heterocycles. The standard InChI is InChI=1S/C33H35ClN2O5/c1-22(2)41-26-17-15-25(16-18-26)35-32-30(31(37)23-8-7-9-24(34)14-13-23)27-10-3-4-11-28(27)33(36-32)40-21-20-39-29-12-5-6-19-38-29/h3-4,8-11,13-18,22,29H,5-7,12,19-21H2,1-2H3,(H,35,36). The maximum absolute atomic E-state index is 14.0. The van der Waals surface area contributed by atoms with Crippen molar-refractivity contribution in [1.29, 1.82) is 0 Å². The van der Waals surface area contributed by atoms with Gasteiger partial charge in [0.1, 0.15) is 18.2 Å². The van der Waals surface area contributed by atoms with Crippen molar-refractivity contribution in [2.24, 2.45) is 0 Å². The first kappa shape index (κ1) is 28.9. The molecule has 7 nitrogen and oxygen atoms in total. The molecule has 1 fully saturated rings. The molecular weight excluding hydrogens is 540 g/mol. The molecule has 1 saturated heterocycles. The van der Waals surface area contributed by atoms with E-state index in [0.29, 0.717) is 47.5 Å². The van der Waals surface area contributed by atoms with Crippen molar-refractivity contribution in [3.05, 3.63) is 89.0 Å². The van der Waals surface area contributed by atoms with Gasteiger partial charge in [0.2, 0.25) is 5.88 Å². The Balaban J connectivity index is 1.48. The van der Waals surface area contributed by atoms with E-state index in [2.05, 4.69) is 5.32 Å². The molecule has 1 aliphatic carbocycles. The molecule has 214 valence electrons. The molecule has 2 heterocycles. The van der Waals surface area contributed by atoms with E-state index in [9.17, 15) is 4.79 Å². The van der Waals surface area contributed by atoms with Crippen LogP contribution in [0, 0.1) is 0 Å². The van der Waals surface area contributed by atoms with Gasteiger partial charge in [-0.25, -0.2) is 0 Å². The van der Waals surface area contributed by atoms with E-state index in [1.165, 1.54) is 0 Å². The Bertz CT molecular complexity index is 1460. The Morgan fingerprint density at radius 1 is 1.05 bits per heavy atom. The second-order valence-corrected chi connectivity index (χ2v) is 10.6. The highest BCUT2D eigenvalue weighted by Crippen LogP contribution is 2.35. The van der Waals surface area contributed by atoms with Crippen LogP contribution in [0.25, 0.3) is 10.8 Å². The fourth-order valence-electron chi connectivity index (χ4n) is 4.77. The number of ketones is 1. The number of carbonyl (C=O) groups excluding carboxylic acids is 1. The number of benzene rings is 2. The van der Waals surface area contributed by atoms with Crippen LogP contribution < -0.4 is 14.8 Å². The van der Waals surface area contributed by atoms with Gasteiger partial charge >= 0.3 is 0 Å². The molecule has 0 amide bonds. The van der Waals surface area contributed by atoms with Crippen LogP contribution in [-0.4, -0.2) is 43.0 Å². The van der Waals surface area contributed by atoms with Crippen molar-refractivity contribution in [2.75, 3.05) is 25.1 Å². The van der Waals surface area contributed by atoms with Crippen LogP contribution in [0.15, 0.2) is 83.4 Å². The number of allylic oxidation sites excluding steroid dienone is 6. The molecule has 3 aromatic rings. The zero-order chi connectivity index (χ0) is 28.6. The molecule has 8 heteroatoms. The third kappa shape index (κ3) is 7.55. The van der Waals surface area contributed by atoms with Gasteiger partial charge in [-0.1, -0.05) is 42.0 Å². The van der Waals surface area contributed by atoms with Crippen LogP contribution in [0.2, 0.25) is 0 Å². The van der Waals surface area contributed by atoms with Crippen LogP contribution in [-0.2, 0) is 9.47 Å².